The van der Waals surface area contributed by atoms with E-state index in [-0.39, 0.29) is 24.4 Å². The molecule has 28 heavy (non-hydrogen) atoms. The van der Waals surface area contributed by atoms with Crippen LogP contribution in [-0.2, 0) is 28.5 Å². The summed E-state index contributed by atoms with van der Waals surface area (Å²) in [6.07, 6.45) is -0.175. The quantitative estimate of drug-likeness (QED) is 0.486. The molecule has 3 N–H and O–H groups in total. The van der Waals surface area contributed by atoms with Crippen LogP contribution in [0.5, 0.6) is 0 Å². The Labute approximate surface area is 158 Å². The first-order chi connectivity index (χ1) is 13.2. The molecule has 0 amide bonds. The van der Waals surface area contributed by atoms with Crippen LogP contribution in [0.25, 0.3) is 6.08 Å². The molecular formula is C16H19N3O9. The van der Waals surface area contributed by atoms with Gasteiger partial charge in [-0.05, 0) is 6.08 Å². The molecule has 0 bridgehead atoms. The second kappa shape index (κ2) is 8.99. The Bertz CT molecular complexity index is 848. The van der Waals surface area contributed by atoms with E-state index in [2.05, 4.69) is 9.72 Å². The molecule has 2 rings (SSSR count). The van der Waals surface area contributed by atoms with Crippen LogP contribution in [0, 0.1) is 0 Å². The minimum absolute atomic E-state index is 0.137. The third kappa shape index (κ3) is 5.30. The number of carbonyl (C=O) groups excluding carboxylic acids is 2. The molecule has 1 aliphatic rings. The number of rotatable bonds is 6. The summed E-state index contributed by atoms with van der Waals surface area (Å²) < 4.78 is 21.1. The number of methoxy groups -OCH3 is 1. The fraction of sp³-hybridized carbons (Fsp3) is 0.438. The summed E-state index contributed by atoms with van der Waals surface area (Å²) in [7, 11) is 1.15. The van der Waals surface area contributed by atoms with E-state index in [1.165, 1.54) is 13.1 Å². The Balaban J connectivity index is 2.32. The molecule has 0 aliphatic carbocycles. The maximum atomic E-state index is 12.3. The normalized spacial score (nSPS) is 21.4. The Morgan fingerprint density at radius 1 is 1.46 bits per heavy atom. The van der Waals surface area contributed by atoms with E-state index in [0.29, 0.717) is 0 Å². The van der Waals surface area contributed by atoms with Crippen molar-refractivity contribution >= 4 is 30.0 Å². The lowest BCUT2D eigenvalue weighted by atomic mass is 10.2. The number of hydrogen-bond acceptors (Lipinski definition) is 10. The van der Waals surface area contributed by atoms with Gasteiger partial charge in [0.15, 0.2) is 6.23 Å². The third-order valence-corrected chi connectivity index (χ3v) is 3.71. The number of aromatic nitrogens is 2. The highest BCUT2D eigenvalue weighted by molar-refractivity contribution is 5.86. The van der Waals surface area contributed by atoms with E-state index in [0.717, 1.165) is 23.8 Å². The minimum atomic E-state index is -1.22. The van der Waals surface area contributed by atoms with Gasteiger partial charge in [-0.3, -0.25) is 9.36 Å². The van der Waals surface area contributed by atoms with Crippen LogP contribution in [0.15, 0.2) is 17.1 Å². The smallest absolute Gasteiger partial charge is 0.478 e. The van der Waals surface area contributed by atoms with E-state index < -0.39 is 42.2 Å². The van der Waals surface area contributed by atoms with E-state index in [1.54, 1.807) is 0 Å². The molecule has 12 nitrogen and oxygen atoms in total. The highest BCUT2D eigenvalue weighted by atomic mass is 16.7. The van der Waals surface area contributed by atoms with Crippen molar-refractivity contribution in [2.75, 3.05) is 19.5 Å². The summed E-state index contributed by atoms with van der Waals surface area (Å²) in [5.74, 6) is -1.99. The first-order valence-corrected chi connectivity index (χ1v) is 8.04. The van der Waals surface area contributed by atoms with Crippen molar-refractivity contribution in [1.29, 1.82) is 0 Å². The average Bonchev–Trinajstić information content (AvgIpc) is 3.00. The first kappa shape index (κ1) is 20.9. The summed E-state index contributed by atoms with van der Waals surface area (Å²) in [6, 6.07) is 0. The van der Waals surface area contributed by atoms with Gasteiger partial charge in [0.2, 0.25) is 0 Å². The molecule has 0 aromatic carbocycles. The van der Waals surface area contributed by atoms with Crippen molar-refractivity contribution < 1.29 is 38.4 Å². The number of carbonyl (C=O) groups is 3. The minimum Gasteiger partial charge on any atom is -0.478 e. The Hall–Kier alpha value is -3.41. The van der Waals surface area contributed by atoms with Crippen molar-refractivity contribution in [3.05, 3.63) is 28.3 Å². The van der Waals surface area contributed by atoms with Crippen LogP contribution in [0.2, 0.25) is 0 Å². The number of carboxylic acid groups (broad SMARTS) is 1. The SMILES string of the molecule is COC(=O)OC[C@@H]1C[C@@H](OC(C)=O)[C@H](n2cc(C=CC(=O)O)c(N)nc2=O)O1. The van der Waals surface area contributed by atoms with Crippen LogP contribution in [-0.4, -0.2) is 58.7 Å². The highest BCUT2D eigenvalue weighted by Gasteiger charge is 2.40. The molecule has 1 saturated heterocycles. The summed E-state index contributed by atoms with van der Waals surface area (Å²) in [6.45, 7) is 1.00. The van der Waals surface area contributed by atoms with Crippen molar-refractivity contribution in [1.82, 2.24) is 9.55 Å². The fourth-order valence-corrected chi connectivity index (χ4v) is 2.58. The van der Waals surface area contributed by atoms with Gasteiger partial charge < -0.3 is 29.8 Å². The molecule has 1 aromatic heterocycles. The Morgan fingerprint density at radius 3 is 2.79 bits per heavy atom. The van der Waals surface area contributed by atoms with Gasteiger partial charge >= 0.3 is 23.8 Å². The van der Waals surface area contributed by atoms with Crippen LogP contribution in [0.1, 0.15) is 25.1 Å². The largest absolute Gasteiger partial charge is 0.508 e. The van der Waals surface area contributed by atoms with Gasteiger partial charge in [0.05, 0.1) is 13.2 Å². The standard InChI is InChI=1S/C16H19N3O9/c1-8(20)27-11-5-10(7-26-16(24)25-2)28-14(11)19-6-9(3-4-12(21)22)13(17)18-15(19)23/h3-4,6,10-11,14H,5,7H2,1-2H3,(H,21,22)(H2,17,18,23)/t10-,11+,14+/m0/s1. The number of carboxylic acids is 1. The van der Waals surface area contributed by atoms with Gasteiger partial charge in [0, 0.05) is 31.2 Å². The van der Waals surface area contributed by atoms with Gasteiger partial charge in [-0.15, -0.1) is 0 Å². The van der Waals surface area contributed by atoms with Crippen molar-refractivity contribution in [3.63, 3.8) is 0 Å². The fourth-order valence-electron chi connectivity index (χ4n) is 2.58. The predicted molar refractivity (Wildman–Crippen MR) is 92.0 cm³/mol. The summed E-state index contributed by atoms with van der Waals surface area (Å²) >= 11 is 0. The monoisotopic (exact) mass is 397 g/mol. The molecule has 12 heteroatoms. The second-order valence-corrected chi connectivity index (χ2v) is 5.74. The molecule has 1 fully saturated rings. The maximum Gasteiger partial charge on any atom is 0.508 e. The van der Waals surface area contributed by atoms with Crippen LogP contribution >= 0.6 is 0 Å². The molecule has 152 valence electrons. The maximum absolute atomic E-state index is 12.3. The van der Waals surface area contributed by atoms with Gasteiger partial charge in [-0.2, -0.15) is 4.98 Å². The molecule has 2 heterocycles. The van der Waals surface area contributed by atoms with Gasteiger partial charge in [-0.25, -0.2) is 14.4 Å². The molecule has 1 aliphatic heterocycles. The van der Waals surface area contributed by atoms with E-state index in [4.69, 9.17) is 25.1 Å². The number of aliphatic carboxylic acids is 1. The van der Waals surface area contributed by atoms with Gasteiger partial charge in [0.1, 0.15) is 18.5 Å². The average molecular weight is 397 g/mol. The Kier molecular flexibility index (Phi) is 6.71. The third-order valence-electron chi connectivity index (χ3n) is 3.71. The lowest BCUT2D eigenvalue weighted by molar-refractivity contribution is -0.152. The number of nitrogens with two attached hydrogens (primary N) is 1. The lowest BCUT2D eigenvalue weighted by Crippen LogP contribution is -2.34. The van der Waals surface area contributed by atoms with E-state index in [9.17, 15) is 19.2 Å². The van der Waals surface area contributed by atoms with E-state index >= 15 is 0 Å². The number of esters is 1. The lowest BCUT2D eigenvalue weighted by Gasteiger charge is -2.21. The van der Waals surface area contributed by atoms with Crippen molar-refractivity contribution in [3.8, 4) is 0 Å². The molecule has 3 atom stereocenters. The van der Waals surface area contributed by atoms with Crippen LogP contribution < -0.4 is 11.4 Å². The first-order valence-electron chi connectivity index (χ1n) is 8.04. The molecular weight excluding hydrogens is 378 g/mol. The molecule has 0 spiro atoms. The molecule has 0 radical (unpaired) electrons. The van der Waals surface area contributed by atoms with Gasteiger partial charge in [-0.1, -0.05) is 0 Å². The number of hydrogen-bond donors (Lipinski definition) is 2. The highest BCUT2D eigenvalue weighted by Crippen LogP contribution is 2.31. The van der Waals surface area contributed by atoms with Crippen molar-refractivity contribution in [2.45, 2.75) is 31.8 Å². The van der Waals surface area contributed by atoms with Gasteiger partial charge in [0.25, 0.3) is 0 Å². The number of ether oxygens (including phenoxy) is 4. The van der Waals surface area contributed by atoms with E-state index in [1.807, 2.05) is 0 Å². The summed E-state index contributed by atoms with van der Waals surface area (Å²) in [5, 5.41) is 8.75. The number of nitrogens with zero attached hydrogens (tertiary/aromatic N) is 2. The molecule has 1 aromatic rings. The molecule has 0 saturated carbocycles. The zero-order valence-electron chi connectivity index (χ0n) is 15.1. The summed E-state index contributed by atoms with van der Waals surface area (Å²) in [4.78, 5) is 49.1. The summed E-state index contributed by atoms with van der Waals surface area (Å²) in [5.41, 5.74) is 5.01. The number of nitrogen functional groups attached to an aromatic ring is 1. The molecule has 0 unspecified atom stereocenters. The topological polar surface area (TPSA) is 169 Å². The predicted octanol–water partition coefficient (Wildman–Crippen LogP) is -0.0745. The zero-order valence-corrected chi connectivity index (χ0v) is 15.1. The van der Waals surface area contributed by atoms with Crippen LogP contribution in [0.3, 0.4) is 0 Å². The Morgan fingerprint density at radius 2 is 2.18 bits per heavy atom. The van der Waals surface area contributed by atoms with Crippen LogP contribution in [0.4, 0.5) is 10.6 Å². The zero-order chi connectivity index (χ0) is 20.8. The second-order valence-electron chi connectivity index (χ2n) is 5.74. The number of anilines is 1. The van der Waals surface area contributed by atoms with Crippen molar-refractivity contribution in [2.24, 2.45) is 0 Å².